The molecule has 2 N–H and O–H groups in total. The molecule has 4 nitrogen and oxygen atoms in total. The first-order valence-electron chi connectivity index (χ1n) is 6.10. The van der Waals surface area contributed by atoms with Crippen LogP contribution in [0.3, 0.4) is 0 Å². The Labute approximate surface area is 119 Å². The lowest BCUT2D eigenvalue weighted by Gasteiger charge is -2.18. The van der Waals surface area contributed by atoms with Gasteiger partial charge in [-0.15, -0.1) is 11.3 Å². The van der Waals surface area contributed by atoms with Crippen LogP contribution in [0.4, 0.5) is 15.9 Å². The van der Waals surface area contributed by atoms with Gasteiger partial charge in [-0.25, -0.2) is 14.4 Å². The Hall–Kier alpha value is -2.21. The number of benzene rings is 1. The first-order chi connectivity index (χ1) is 9.63. The van der Waals surface area contributed by atoms with Crippen molar-refractivity contribution in [2.75, 3.05) is 17.7 Å². The molecule has 0 radical (unpaired) electrons. The predicted octanol–water partition coefficient (Wildman–Crippen LogP) is 3.05. The molecule has 0 aliphatic carbocycles. The summed E-state index contributed by atoms with van der Waals surface area (Å²) in [6.07, 6.45) is 0. The van der Waals surface area contributed by atoms with Crippen molar-refractivity contribution < 1.29 is 4.39 Å². The van der Waals surface area contributed by atoms with Crippen LogP contribution < -0.4 is 10.6 Å². The van der Waals surface area contributed by atoms with E-state index in [9.17, 15) is 4.39 Å². The van der Waals surface area contributed by atoms with E-state index in [1.165, 1.54) is 23.5 Å². The average molecular weight is 288 g/mol. The summed E-state index contributed by atoms with van der Waals surface area (Å²) >= 11 is 1.53. The van der Waals surface area contributed by atoms with Crippen molar-refractivity contribution >= 4 is 33.1 Å². The summed E-state index contributed by atoms with van der Waals surface area (Å²) in [6.45, 7) is 0.474. The molecule has 0 saturated carbocycles. The Balaban J connectivity index is 1.88. The van der Waals surface area contributed by atoms with Crippen LogP contribution in [0.1, 0.15) is 5.82 Å². The Bertz CT molecular complexity index is 756. The van der Waals surface area contributed by atoms with Crippen molar-refractivity contribution in [2.45, 2.75) is 6.54 Å². The van der Waals surface area contributed by atoms with E-state index in [0.717, 1.165) is 15.9 Å². The maximum absolute atomic E-state index is 13.2. The van der Waals surface area contributed by atoms with Crippen molar-refractivity contribution in [3.63, 3.8) is 0 Å². The third-order valence-corrected chi connectivity index (χ3v) is 3.84. The number of thiophene rings is 1. The van der Waals surface area contributed by atoms with Gasteiger partial charge in [-0.05, 0) is 29.6 Å². The quantitative estimate of drug-likeness (QED) is 0.805. The minimum Gasteiger partial charge on any atom is -0.383 e. The molecular weight excluding hydrogens is 275 g/mol. The van der Waals surface area contributed by atoms with Crippen molar-refractivity contribution in [3.05, 3.63) is 47.4 Å². The van der Waals surface area contributed by atoms with Gasteiger partial charge in [0.05, 0.1) is 11.9 Å². The molecule has 20 heavy (non-hydrogen) atoms. The van der Waals surface area contributed by atoms with Crippen molar-refractivity contribution in [1.82, 2.24) is 9.97 Å². The van der Waals surface area contributed by atoms with Crippen LogP contribution in [0, 0.1) is 5.82 Å². The number of nitrogens with two attached hydrogens (primary N) is 1. The number of aromatic nitrogens is 2. The molecule has 0 aliphatic heterocycles. The molecule has 0 unspecified atom stereocenters. The van der Waals surface area contributed by atoms with Gasteiger partial charge in [-0.3, -0.25) is 0 Å². The zero-order chi connectivity index (χ0) is 14.1. The third kappa shape index (κ3) is 2.42. The predicted molar refractivity (Wildman–Crippen MR) is 80.3 cm³/mol. The molecule has 0 saturated heterocycles. The van der Waals surface area contributed by atoms with Gasteiger partial charge in [-0.2, -0.15) is 0 Å². The fourth-order valence-corrected chi connectivity index (χ4v) is 2.80. The third-order valence-electron chi connectivity index (χ3n) is 3.03. The smallest absolute Gasteiger partial charge is 0.151 e. The fourth-order valence-electron chi connectivity index (χ4n) is 2.01. The van der Waals surface area contributed by atoms with Crippen LogP contribution in [-0.2, 0) is 6.54 Å². The van der Waals surface area contributed by atoms with E-state index in [0.29, 0.717) is 18.2 Å². The topological polar surface area (TPSA) is 55.0 Å². The SMILES string of the molecule is CN(Cc1nc(N)c2ccsc2n1)c1cccc(F)c1. The van der Waals surface area contributed by atoms with Crippen molar-refractivity contribution in [1.29, 1.82) is 0 Å². The first-order valence-corrected chi connectivity index (χ1v) is 6.98. The molecule has 102 valence electrons. The largest absolute Gasteiger partial charge is 0.383 e. The van der Waals surface area contributed by atoms with E-state index < -0.39 is 0 Å². The second kappa shape index (κ2) is 5.05. The zero-order valence-corrected chi connectivity index (χ0v) is 11.7. The number of halogens is 1. The molecule has 0 fully saturated rings. The molecule has 0 aliphatic rings. The monoisotopic (exact) mass is 288 g/mol. The first kappa shape index (κ1) is 12.8. The maximum Gasteiger partial charge on any atom is 0.151 e. The summed E-state index contributed by atoms with van der Waals surface area (Å²) in [4.78, 5) is 11.5. The Morgan fingerprint density at radius 3 is 2.95 bits per heavy atom. The molecular formula is C14H13FN4S. The Morgan fingerprint density at radius 2 is 2.15 bits per heavy atom. The Kier molecular flexibility index (Phi) is 3.23. The molecule has 3 aromatic rings. The second-order valence-corrected chi connectivity index (χ2v) is 5.40. The molecule has 0 atom stereocenters. The van der Waals surface area contributed by atoms with E-state index in [4.69, 9.17) is 5.73 Å². The molecule has 1 aromatic carbocycles. The van der Waals surface area contributed by atoms with Gasteiger partial charge in [0.2, 0.25) is 0 Å². The maximum atomic E-state index is 13.2. The molecule has 0 amide bonds. The average Bonchev–Trinajstić information content (AvgIpc) is 2.87. The molecule has 0 bridgehead atoms. The number of rotatable bonds is 3. The zero-order valence-electron chi connectivity index (χ0n) is 10.9. The summed E-state index contributed by atoms with van der Waals surface area (Å²) in [5.41, 5.74) is 6.69. The van der Waals surface area contributed by atoms with E-state index in [2.05, 4.69) is 9.97 Å². The highest BCUT2D eigenvalue weighted by atomic mass is 32.1. The fraction of sp³-hybridized carbons (Fsp3) is 0.143. The summed E-state index contributed by atoms with van der Waals surface area (Å²) in [5.74, 6) is 0.853. The lowest BCUT2D eigenvalue weighted by atomic mass is 10.3. The summed E-state index contributed by atoms with van der Waals surface area (Å²) in [5, 5.41) is 2.82. The highest BCUT2D eigenvalue weighted by Crippen LogP contribution is 2.24. The van der Waals surface area contributed by atoms with Gasteiger partial charge in [0.25, 0.3) is 0 Å². The highest BCUT2D eigenvalue weighted by Gasteiger charge is 2.09. The summed E-state index contributed by atoms with van der Waals surface area (Å²) in [6, 6.07) is 8.33. The van der Waals surface area contributed by atoms with Crippen LogP contribution in [0.25, 0.3) is 10.2 Å². The van der Waals surface area contributed by atoms with Crippen molar-refractivity contribution in [2.24, 2.45) is 0 Å². The van der Waals surface area contributed by atoms with Gasteiger partial charge >= 0.3 is 0 Å². The van der Waals surface area contributed by atoms with Crippen LogP contribution in [0.15, 0.2) is 35.7 Å². The number of hydrogen-bond donors (Lipinski definition) is 1. The van der Waals surface area contributed by atoms with Crippen LogP contribution in [-0.4, -0.2) is 17.0 Å². The normalized spacial score (nSPS) is 10.9. The molecule has 2 heterocycles. The van der Waals surface area contributed by atoms with Crippen molar-refractivity contribution in [3.8, 4) is 0 Å². The molecule has 6 heteroatoms. The summed E-state index contributed by atoms with van der Waals surface area (Å²) < 4.78 is 13.2. The lowest BCUT2D eigenvalue weighted by molar-refractivity contribution is 0.627. The number of anilines is 2. The Morgan fingerprint density at radius 1 is 1.30 bits per heavy atom. The minimum absolute atomic E-state index is 0.261. The van der Waals surface area contributed by atoms with Gasteiger partial charge in [0, 0.05) is 12.7 Å². The number of nitrogen functional groups attached to an aromatic ring is 1. The van der Waals surface area contributed by atoms with Gasteiger partial charge in [-0.1, -0.05) is 6.07 Å². The molecule has 3 rings (SSSR count). The van der Waals surface area contributed by atoms with Gasteiger partial charge in [0.1, 0.15) is 16.5 Å². The van der Waals surface area contributed by atoms with Gasteiger partial charge < -0.3 is 10.6 Å². The van der Waals surface area contributed by atoms with Gasteiger partial charge in [0.15, 0.2) is 5.82 Å². The van der Waals surface area contributed by atoms with Crippen LogP contribution in [0.5, 0.6) is 0 Å². The lowest BCUT2D eigenvalue weighted by Crippen LogP contribution is -2.18. The molecule has 0 spiro atoms. The molecule has 2 aromatic heterocycles. The number of nitrogens with zero attached hydrogens (tertiary/aromatic N) is 3. The van der Waals surface area contributed by atoms with Crippen LogP contribution in [0.2, 0.25) is 0 Å². The summed E-state index contributed by atoms with van der Waals surface area (Å²) in [7, 11) is 1.87. The number of fused-ring (bicyclic) bond motifs is 1. The number of hydrogen-bond acceptors (Lipinski definition) is 5. The minimum atomic E-state index is -0.261. The van der Waals surface area contributed by atoms with E-state index in [1.54, 1.807) is 6.07 Å². The van der Waals surface area contributed by atoms with Crippen LogP contribution >= 0.6 is 11.3 Å². The highest BCUT2D eigenvalue weighted by molar-refractivity contribution is 7.16. The van der Waals surface area contributed by atoms with E-state index in [1.807, 2.05) is 29.5 Å². The standard InChI is InChI=1S/C14H13FN4S/c1-19(10-4-2-3-9(15)7-10)8-12-17-13(16)11-5-6-20-14(11)18-12/h2-7H,8H2,1H3,(H2,16,17,18). The second-order valence-electron chi connectivity index (χ2n) is 4.50. The van der Waals surface area contributed by atoms with E-state index >= 15 is 0 Å². The van der Waals surface area contributed by atoms with E-state index in [-0.39, 0.29) is 5.82 Å².